The standard InChI is InChI=1S/C26H21Cl2N3O6S/c1-3-17-20(27)12-16(38(34,35)36)13-22(17)30-31-24-18-7-5-4-6-14(18)10-19(25(24)32)26(33)29-15-8-9-23(37-2)21(28)11-15/h4-13,32H,3H2,1-2H3,(H,29,33)(H,34,35,36). The predicted octanol–water partition coefficient (Wildman–Crippen LogP) is 7.34. The van der Waals surface area contributed by atoms with Gasteiger partial charge in [0.2, 0.25) is 0 Å². The summed E-state index contributed by atoms with van der Waals surface area (Å²) in [6.45, 7) is 1.79. The van der Waals surface area contributed by atoms with Crippen molar-refractivity contribution in [2.24, 2.45) is 10.2 Å². The molecule has 4 aromatic rings. The number of aromatic hydroxyl groups is 1. The Morgan fingerprint density at radius 1 is 1.03 bits per heavy atom. The summed E-state index contributed by atoms with van der Waals surface area (Å²) in [4.78, 5) is 12.7. The van der Waals surface area contributed by atoms with Crippen LogP contribution < -0.4 is 10.1 Å². The molecule has 0 unspecified atom stereocenters. The minimum Gasteiger partial charge on any atom is -0.505 e. The number of hydrogen-bond acceptors (Lipinski definition) is 7. The fourth-order valence-corrected chi connectivity index (χ4v) is 5.02. The van der Waals surface area contributed by atoms with Gasteiger partial charge in [-0.2, -0.15) is 13.5 Å². The van der Waals surface area contributed by atoms with Crippen molar-refractivity contribution in [2.45, 2.75) is 18.2 Å². The number of carbonyl (C=O) groups excluding carboxylic acids is 1. The zero-order chi connectivity index (χ0) is 27.6. The van der Waals surface area contributed by atoms with Crippen molar-refractivity contribution in [3.05, 3.63) is 81.8 Å². The lowest BCUT2D eigenvalue weighted by Crippen LogP contribution is -2.12. The van der Waals surface area contributed by atoms with E-state index in [0.717, 1.165) is 12.1 Å². The Hall–Kier alpha value is -3.70. The number of nitrogens with one attached hydrogen (secondary N) is 1. The van der Waals surface area contributed by atoms with Crippen molar-refractivity contribution in [3.8, 4) is 11.5 Å². The summed E-state index contributed by atoms with van der Waals surface area (Å²) in [7, 11) is -3.09. The molecule has 0 atom stereocenters. The number of phenols is 1. The van der Waals surface area contributed by atoms with Gasteiger partial charge in [0, 0.05) is 16.1 Å². The summed E-state index contributed by atoms with van der Waals surface area (Å²) < 4.78 is 38.0. The summed E-state index contributed by atoms with van der Waals surface area (Å²) in [5.41, 5.74) is 0.845. The number of hydrogen-bond donors (Lipinski definition) is 3. The average Bonchev–Trinajstić information content (AvgIpc) is 2.87. The molecule has 9 nitrogen and oxygen atoms in total. The van der Waals surface area contributed by atoms with Gasteiger partial charge in [0.25, 0.3) is 16.0 Å². The summed E-state index contributed by atoms with van der Waals surface area (Å²) in [6.07, 6.45) is 0.387. The first-order valence-corrected chi connectivity index (χ1v) is 13.3. The highest BCUT2D eigenvalue weighted by Crippen LogP contribution is 2.41. The van der Waals surface area contributed by atoms with Gasteiger partial charge in [-0.15, -0.1) is 5.11 Å². The highest BCUT2D eigenvalue weighted by molar-refractivity contribution is 7.85. The van der Waals surface area contributed by atoms with Crippen LogP contribution in [0.15, 0.2) is 75.8 Å². The molecule has 38 heavy (non-hydrogen) atoms. The molecule has 4 rings (SSSR count). The Labute approximate surface area is 228 Å². The lowest BCUT2D eigenvalue weighted by molar-refractivity contribution is 0.102. The van der Waals surface area contributed by atoms with E-state index in [4.69, 9.17) is 27.9 Å². The van der Waals surface area contributed by atoms with Gasteiger partial charge in [-0.05, 0) is 53.8 Å². The van der Waals surface area contributed by atoms with E-state index in [2.05, 4.69) is 15.5 Å². The molecule has 0 aliphatic rings. The van der Waals surface area contributed by atoms with Crippen LogP contribution >= 0.6 is 23.2 Å². The molecule has 0 aromatic heterocycles. The third-order valence-electron chi connectivity index (χ3n) is 5.70. The van der Waals surface area contributed by atoms with Crippen molar-refractivity contribution < 1.29 is 27.6 Å². The van der Waals surface area contributed by atoms with Gasteiger partial charge in [-0.25, -0.2) is 0 Å². The summed E-state index contributed by atoms with van der Waals surface area (Å²) >= 11 is 12.4. The minimum atomic E-state index is -4.56. The number of carbonyl (C=O) groups is 1. The third kappa shape index (κ3) is 5.58. The molecule has 0 fully saturated rings. The maximum absolute atomic E-state index is 13.1. The molecule has 0 saturated heterocycles. The number of azo groups is 1. The SMILES string of the molecule is CCc1c(Cl)cc(S(=O)(=O)O)cc1N=Nc1c(O)c(C(=O)Nc2ccc(OC)c(Cl)c2)cc2ccccc12. The topological polar surface area (TPSA) is 138 Å². The highest BCUT2D eigenvalue weighted by Gasteiger charge is 2.20. The van der Waals surface area contributed by atoms with Gasteiger partial charge in [-0.1, -0.05) is 54.4 Å². The van der Waals surface area contributed by atoms with Crippen molar-refractivity contribution in [3.63, 3.8) is 0 Å². The molecule has 12 heteroatoms. The number of halogens is 2. The Morgan fingerprint density at radius 2 is 1.76 bits per heavy atom. The van der Waals surface area contributed by atoms with Crippen LogP contribution in [0.25, 0.3) is 10.8 Å². The fraction of sp³-hybridized carbons (Fsp3) is 0.115. The van der Waals surface area contributed by atoms with Gasteiger partial charge in [0.05, 0.1) is 28.3 Å². The molecule has 0 saturated carbocycles. The van der Waals surface area contributed by atoms with Crippen molar-refractivity contribution in [1.29, 1.82) is 0 Å². The second-order valence-electron chi connectivity index (χ2n) is 8.08. The van der Waals surface area contributed by atoms with Crippen LogP contribution in [-0.4, -0.2) is 31.1 Å². The lowest BCUT2D eigenvalue weighted by atomic mass is 10.0. The monoisotopic (exact) mass is 573 g/mol. The van der Waals surface area contributed by atoms with Crippen molar-refractivity contribution in [1.82, 2.24) is 0 Å². The van der Waals surface area contributed by atoms with Crippen molar-refractivity contribution >= 4 is 67.1 Å². The molecule has 0 spiro atoms. The predicted molar refractivity (Wildman–Crippen MR) is 146 cm³/mol. The molecular formula is C26H21Cl2N3O6S. The van der Waals surface area contributed by atoms with E-state index in [0.29, 0.717) is 39.2 Å². The molecule has 0 radical (unpaired) electrons. The molecule has 3 N–H and O–H groups in total. The molecular weight excluding hydrogens is 553 g/mol. The summed E-state index contributed by atoms with van der Waals surface area (Å²) in [5.74, 6) is -0.637. The number of nitrogens with zero attached hydrogens (tertiary/aromatic N) is 2. The first kappa shape index (κ1) is 27.3. The number of methoxy groups -OCH3 is 1. The number of benzene rings is 4. The Kier molecular flexibility index (Phi) is 7.89. The molecule has 0 bridgehead atoms. The molecule has 1 amide bonds. The summed E-state index contributed by atoms with van der Waals surface area (Å²) in [5, 5.41) is 23.6. The van der Waals surface area contributed by atoms with Crippen LogP contribution in [-0.2, 0) is 16.5 Å². The first-order valence-electron chi connectivity index (χ1n) is 11.1. The highest BCUT2D eigenvalue weighted by atomic mass is 35.5. The van der Waals surface area contributed by atoms with Crippen LogP contribution in [0, 0.1) is 0 Å². The smallest absolute Gasteiger partial charge is 0.294 e. The maximum atomic E-state index is 13.1. The molecule has 0 aliphatic carbocycles. The van der Waals surface area contributed by atoms with Crippen LogP contribution in [0.4, 0.5) is 17.1 Å². The van der Waals surface area contributed by atoms with Crippen LogP contribution in [0.2, 0.25) is 10.0 Å². The average molecular weight is 574 g/mol. The Bertz CT molecular complexity index is 1710. The van der Waals surface area contributed by atoms with Gasteiger partial charge >= 0.3 is 0 Å². The maximum Gasteiger partial charge on any atom is 0.294 e. The van der Waals surface area contributed by atoms with Gasteiger partial charge < -0.3 is 15.2 Å². The zero-order valence-electron chi connectivity index (χ0n) is 20.1. The number of rotatable bonds is 7. The number of amides is 1. The van der Waals surface area contributed by atoms with E-state index >= 15 is 0 Å². The first-order chi connectivity index (χ1) is 18.0. The third-order valence-corrected chi connectivity index (χ3v) is 7.17. The lowest BCUT2D eigenvalue weighted by Gasteiger charge is -2.12. The summed E-state index contributed by atoms with van der Waals surface area (Å²) in [6, 6.07) is 15.4. The molecule has 196 valence electrons. The van der Waals surface area contributed by atoms with Gasteiger partial charge in [-0.3, -0.25) is 9.35 Å². The number of ether oxygens (including phenoxy) is 1. The van der Waals surface area contributed by atoms with E-state index < -0.39 is 26.7 Å². The zero-order valence-corrected chi connectivity index (χ0v) is 22.4. The van der Waals surface area contributed by atoms with Crippen LogP contribution in [0.1, 0.15) is 22.8 Å². The normalized spacial score (nSPS) is 11.7. The van der Waals surface area contributed by atoms with E-state index in [1.807, 2.05) is 0 Å². The van der Waals surface area contributed by atoms with E-state index in [-0.39, 0.29) is 22.0 Å². The molecule has 0 aliphatic heterocycles. The second-order valence-corrected chi connectivity index (χ2v) is 10.3. The fourth-order valence-electron chi connectivity index (χ4n) is 3.82. The van der Waals surface area contributed by atoms with Gasteiger partial charge in [0.1, 0.15) is 11.4 Å². The van der Waals surface area contributed by atoms with Crippen LogP contribution in [0.5, 0.6) is 11.5 Å². The molecule has 0 heterocycles. The molecule has 4 aromatic carbocycles. The quantitative estimate of drug-likeness (QED) is 0.156. The Morgan fingerprint density at radius 3 is 2.42 bits per heavy atom. The largest absolute Gasteiger partial charge is 0.505 e. The number of anilines is 1. The van der Waals surface area contributed by atoms with Crippen molar-refractivity contribution in [2.75, 3.05) is 12.4 Å². The van der Waals surface area contributed by atoms with Crippen LogP contribution in [0.3, 0.4) is 0 Å². The number of fused-ring (bicyclic) bond motifs is 1. The van der Waals surface area contributed by atoms with E-state index in [1.165, 1.54) is 19.2 Å². The number of phenolic OH excluding ortho intramolecular Hbond substituents is 1. The van der Waals surface area contributed by atoms with E-state index in [1.54, 1.807) is 43.3 Å². The Balaban J connectivity index is 1.81. The second kappa shape index (κ2) is 11.0. The minimum absolute atomic E-state index is 0.0172. The van der Waals surface area contributed by atoms with E-state index in [9.17, 15) is 22.9 Å². The van der Waals surface area contributed by atoms with Gasteiger partial charge in [0.15, 0.2) is 5.75 Å².